The summed E-state index contributed by atoms with van der Waals surface area (Å²) in [4.78, 5) is 22.1. The fourth-order valence-electron chi connectivity index (χ4n) is 1.85. The maximum absolute atomic E-state index is 12.1. The predicted molar refractivity (Wildman–Crippen MR) is 80.4 cm³/mol. The summed E-state index contributed by atoms with van der Waals surface area (Å²) < 4.78 is 0. The number of carbonyl (C=O) groups excluding carboxylic acids is 1. The van der Waals surface area contributed by atoms with Crippen LogP contribution in [0.1, 0.15) is 28.9 Å². The summed E-state index contributed by atoms with van der Waals surface area (Å²) in [6, 6.07) is 12.5. The van der Waals surface area contributed by atoms with E-state index in [0.29, 0.717) is 10.6 Å². The van der Waals surface area contributed by atoms with E-state index in [9.17, 15) is 14.9 Å². The van der Waals surface area contributed by atoms with E-state index in [1.165, 1.54) is 24.3 Å². The Labute approximate surface area is 126 Å². The van der Waals surface area contributed by atoms with Crippen LogP contribution in [0, 0.1) is 10.1 Å². The van der Waals surface area contributed by atoms with Gasteiger partial charge in [0.2, 0.25) is 0 Å². The van der Waals surface area contributed by atoms with Crippen LogP contribution < -0.4 is 5.32 Å². The van der Waals surface area contributed by atoms with Gasteiger partial charge < -0.3 is 5.32 Å². The molecule has 0 aliphatic heterocycles. The van der Waals surface area contributed by atoms with E-state index in [2.05, 4.69) is 5.32 Å². The van der Waals surface area contributed by atoms with Gasteiger partial charge in [-0.3, -0.25) is 14.9 Å². The van der Waals surface area contributed by atoms with Gasteiger partial charge in [-0.1, -0.05) is 23.7 Å². The molecule has 0 radical (unpaired) electrons. The molecule has 1 amide bonds. The van der Waals surface area contributed by atoms with Crippen LogP contribution in [0.25, 0.3) is 0 Å². The topological polar surface area (TPSA) is 72.2 Å². The quantitative estimate of drug-likeness (QED) is 0.691. The molecule has 5 nitrogen and oxygen atoms in total. The number of benzene rings is 2. The zero-order valence-electron chi connectivity index (χ0n) is 11.2. The second-order valence-corrected chi connectivity index (χ2v) is 4.99. The highest BCUT2D eigenvalue weighted by atomic mass is 35.5. The van der Waals surface area contributed by atoms with Gasteiger partial charge in [0.15, 0.2) is 0 Å². The van der Waals surface area contributed by atoms with E-state index in [4.69, 9.17) is 11.6 Å². The highest BCUT2D eigenvalue weighted by molar-refractivity contribution is 6.30. The first-order chi connectivity index (χ1) is 9.97. The Hall–Kier alpha value is -2.40. The molecule has 0 bridgehead atoms. The van der Waals surface area contributed by atoms with Crippen LogP contribution in [-0.4, -0.2) is 10.8 Å². The zero-order valence-corrected chi connectivity index (χ0v) is 12.0. The van der Waals surface area contributed by atoms with E-state index in [-0.39, 0.29) is 17.6 Å². The molecule has 2 rings (SSSR count). The lowest BCUT2D eigenvalue weighted by molar-refractivity contribution is -0.384. The Morgan fingerprint density at radius 2 is 1.71 bits per heavy atom. The summed E-state index contributed by atoms with van der Waals surface area (Å²) in [6.07, 6.45) is 0. The maximum atomic E-state index is 12.1. The SMILES string of the molecule is C[C@H](NC(=O)c1ccc([N+](=O)[O-])cc1)c1ccc(Cl)cc1. The fourth-order valence-corrected chi connectivity index (χ4v) is 1.98. The van der Waals surface area contributed by atoms with Gasteiger partial charge in [-0.2, -0.15) is 0 Å². The van der Waals surface area contributed by atoms with Gasteiger partial charge in [0.05, 0.1) is 11.0 Å². The molecule has 6 heteroatoms. The molecule has 0 saturated heterocycles. The van der Waals surface area contributed by atoms with Crippen LogP contribution in [0.5, 0.6) is 0 Å². The third kappa shape index (κ3) is 3.79. The van der Waals surface area contributed by atoms with Crippen LogP contribution in [0.2, 0.25) is 5.02 Å². The molecule has 0 aromatic heterocycles. The van der Waals surface area contributed by atoms with Crippen molar-refractivity contribution in [2.24, 2.45) is 0 Å². The van der Waals surface area contributed by atoms with E-state index >= 15 is 0 Å². The number of nitro groups is 1. The monoisotopic (exact) mass is 304 g/mol. The van der Waals surface area contributed by atoms with Gasteiger partial charge in [-0.05, 0) is 36.8 Å². The molecule has 0 spiro atoms. The lowest BCUT2D eigenvalue weighted by atomic mass is 10.1. The summed E-state index contributed by atoms with van der Waals surface area (Å²) >= 11 is 5.82. The molecular formula is C15H13ClN2O3. The van der Waals surface area contributed by atoms with Crippen LogP contribution in [0.4, 0.5) is 5.69 Å². The summed E-state index contributed by atoms with van der Waals surface area (Å²) in [5.41, 5.74) is 1.26. The Morgan fingerprint density at radius 1 is 1.14 bits per heavy atom. The number of rotatable bonds is 4. The highest BCUT2D eigenvalue weighted by Gasteiger charge is 2.13. The first kappa shape index (κ1) is 15.0. The van der Waals surface area contributed by atoms with Crippen molar-refractivity contribution < 1.29 is 9.72 Å². The molecule has 1 N–H and O–H groups in total. The van der Waals surface area contributed by atoms with Crippen LogP contribution in [0.3, 0.4) is 0 Å². The minimum atomic E-state index is -0.502. The molecule has 21 heavy (non-hydrogen) atoms. The second kappa shape index (κ2) is 6.37. The minimum Gasteiger partial charge on any atom is -0.346 e. The normalized spacial score (nSPS) is 11.7. The first-order valence-corrected chi connectivity index (χ1v) is 6.66. The molecule has 2 aromatic rings. The van der Waals surface area contributed by atoms with Crippen LogP contribution in [-0.2, 0) is 0 Å². The average Bonchev–Trinajstić information content (AvgIpc) is 2.47. The predicted octanol–water partition coefficient (Wildman–Crippen LogP) is 3.74. The van der Waals surface area contributed by atoms with Gasteiger partial charge in [0.25, 0.3) is 11.6 Å². The van der Waals surface area contributed by atoms with Gasteiger partial charge in [-0.15, -0.1) is 0 Å². The van der Waals surface area contributed by atoms with Crippen LogP contribution in [0.15, 0.2) is 48.5 Å². The number of nitrogens with one attached hydrogen (secondary N) is 1. The summed E-state index contributed by atoms with van der Waals surface area (Å²) in [7, 11) is 0. The smallest absolute Gasteiger partial charge is 0.269 e. The molecule has 0 heterocycles. The number of nitrogens with zero attached hydrogens (tertiary/aromatic N) is 1. The molecule has 0 unspecified atom stereocenters. The van der Waals surface area contributed by atoms with Crippen molar-refractivity contribution >= 4 is 23.2 Å². The van der Waals surface area contributed by atoms with Crippen molar-refractivity contribution in [1.82, 2.24) is 5.32 Å². The van der Waals surface area contributed by atoms with Gasteiger partial charge in [-0.25, -0.2) is 0 Å². The Bertz CT molecular complexity index is 654. The van der Waals surface area contributed by atoms with Crippen molar-refractivity contribution in [1.29, 1.82) is 0 Å². The number of hydrogen-bond donors (Lipinski definition) is 1. The first-order valence-electron chi connectivity index (χ1n) is 6.28. The van der Waals surface area contributed by atoms with Gasteiger partial charge >= 0.3 is 0 Å². The van der Waals surface area contributed by atoms with E-state index < -0.39 is 4.92 Å². The number of nitro benzene ring substituents is 1. The second-order valence-electron chi connectivity index (χ2n) is 4.55. The lowest BCUT2D eigenvalue weighted by Gasteiger charge is -2.14. The molecule has 0 aliphatic rings. The van der Waals surface area contributed by atoms with Crippen molar-refractivity contribution in [2.75, 3.05) is 0 Å². The summed E-state index contributed by atoms with van der Waals surface area (Å²) in [5.74, 6) is -0.285. The molecular weight excluding hydrogens is 292 g/mol. The minimum absolute atomic E-state index is 0.0442. The van der Waals surface area contributed by atoms with E-state index in [1.807, 2.05) is 19.1 Å². The summed E-state index contributed by atoms with van der Waals surface area (Å²) in [6.45, 7) is 1.85. The molecule has 0 fully saturated rings. The van der Waals surface area contributed by atoms with Crippen LogP contribution >= 0.6 is 11.6 Å². The average molecular weight is 305 g/mol. The number of amides is 1. The van der Waals surface area contributed by atoms with E-state index in [0.717, 1.165) is 5.56 Å². The number of hydrogen-bond acceptors (Lipinski definition) is 3. The highest BCUT2D eigenvalue weighted by Crippen LogP contribution is 2.17. The largest absolute Gasteiger partial charge is 0.346 e. The van der Waals surface area contributed by atoms with E-state index in [1.54, 1.807) is 12.1 Å². The molecule has 0 saturated carbocycles. The number of carbonyl (C=O) groups is 1. The Morgan fingerprint density at radius 3 is 2.24 bits per heavy atom. The fraction of sp³-hybridized carbons (Fsp3) is 0.133. The van der Waals surface area contributed by atoms with Crippen molar-refractivity contribution in [2.45, 2.75) is 13.0 Å². The zero-order chi connectivity index (χ0) is 15.4. The number of non-ortho nitro benzene ring substituents is 1. The molecule has 0 aliphatic carbocycles. The molecule has 1 atom stereocenters. The molecule has 108 valence electrons. The lowest BCUT2D eigenvalue weighted by Crippen LogP contribution is -2.26. The Balaban J connectivity index is 2.06. The molecule has 2 aromatic carbocycles. The third-order valence-electron chi connectivity index (χ3n) is 3.06. The van der Waals surface area contributed by atoms with Gasteiger partial charge in [0.1, 0.15) is 0 Å². The van der Waals surface area contributed by atoms with Crippen molar-refractivity contribution in [3.8, 4) is 0 Å². The maximum Gasteiger partial charge on any atom is 0.269 e. The standard InChI is InChI=1S/C15H13ClN2O3/c1-10(11-2-6-13(16)7-3-11)17-15(19)12-4-8-14(9-5-12)18(20)21/h2-10H,1H3,(H,17,19)/t10-/m0/s1. The third-order valence-corrected chi connectivity index (χ3v) is 3.31. The van der Waals surface area contributed by atoms with Crippen molar-refractivity contribution in [3.63, 3.8) is 0 Å². The summed E-state index contributed by atoms with van der Waals surface area (Å²) in [5, 5.41) is 14.0. The Kier molecular flexibility index (Phi) is 4.55. The van der Waals surface area contributed by atoms with Gasteiger partial charge in [0, 0.05) is 22.7 Å². The van der Waals surface area contributed by atoms with Crippen molar-refractivity contribution in [3.05, 3.63) is 74.8 Å². The number of halogens is 1.